The molecule has 0 aromatic carbocycles. The van der Waals surface area contributed by atoms with Crippen molar-refractivity contribution in [2.45, 2.75) is 44.6 Å². The zero-order valence-corrected chi connectivity index (χ0v) is 14.5. The fourth-order valence-electron chi connectivity index (χ4n) is 2.76. The van der Waals surface area contributed by atoms with E-state index in [9.17, 15) is 0 Å². The van der Waals surface area contributed by atoms with Crippen molar-refractivity contribution >= 4 is 38.6 Å². The summed E-state index contributed by atoms with van der Waals surface area (Å²) in [6, 6.07) is 4.72. The molecule has 2 aromatic rings. The molecule has 0 aliphatic heterocycles. The molecule has 0 saturated heterocycles. The Labute approximate surface area is 136 Å². The first-order valence-corrected chi connectivity index (χ1v) is 9.56. The molecule has 0 saturated carbocycles. The molecular formula is C15H19BrN2S2. The molecule has 20 heavy (non-hydrogen) atoms. The van der Waals surface area contributed by atoms with Gasteiger partial charge in [0.25, 0.3) is 0 Å². The molecule has 1 aliphatic carbocycles. The van der Waals surface area contributed by atoms with Gasteiger partial charge in [-0.15, -0.1) is 22.7 Å². The number of thiophene rings is 2. The van der Waals surface area contributed by atoms with Crippen molar-refractivity contribution in [3.63, 3.8) is 0 Å². The molecule has 1 unspecified atom stereocenters. The van der Waals surface area contributed by atoms with Crippen molar-refractivity contribution in [3.05, 3.63) is 42.2 Å². The van der Waals surface area contributed by atoms with E-state index in [1.807, 2.05) is 11.3 Å². The van der Waals surface area contributed by atoms with Crippen molar-refractivity contribution in [2.24, 2.45) is 5.84 Å². The normalized spacial score (nSPS) is 16.7. The number of halogens is 1. The lowest BCUT2D eigenvalue weighted by molar-refractivity contribution is 0.563. The molecule has 0 radical (unpaired) electrons. The van der Waals surface area contributed by atoms with Gasteiger partial charge >= 0.3 is 0 Å². The van der Waals surface area contributed by atoms with Crippen LogP contribution in [0.1, 0.15) is 45.5 Å². The summed E-state index contributed by atoms with van der Waals surface area (Å²) < 4.78 is 1.20. The number of hydrogen-bond acceptors (Lipinski definition) is 4. The van der Waals surface area contributed by atoms with E-state index in [4.69, 9.17) is 5.84 Å². The molecule has 0 bridgehead atoms. The molecule has 3 rings (SSSR count). The van der Waals surface area contributed by atoms with Crippen LogP contribution in [0.5, 0.6) is 0 Å². The summed E-state index contributed by atoms with van der Waals surface area (Å²) in [6.07, 6.45) is 7.49. The number of nitrogens with two attached hydrogens (primary N) is 1. The van der Waals surface area contributed by atoms with Crippen molar-refractivity contribution < 1.29 is 0 Å². The van der Waals surface area contributed by atoms with Crippen LogP contribution in [0.3, 0.4) is 0 Å². The maximum Gasteiger partial charge on any atom is 0.0602 e. The lowest BCUT2D eigenvalue weighted by atomic mass is 10.1. The van der Waals surface area contributed by atoms with Gasteiger partial charge in [0, 0.05) is 25.5 Å². The summed E-state index contributed by atoms with van der Waals surface area (Å²) in [6.45, 7) is 0. The Morgan fingerprint density at radius 2 is 2.15 bits per heavy atom. The van der Waals surface area contributed by atoms with E-state index in [-0.39, 0.29) is 6.04 Å². The Morgan fingerprint density at radius 1 is 1.30 bits per heavy atom. The fraction of sp³-hybridized carbons (Fsp3) is 0.467. The minimum absolute atomic E-state index is 0.224. The molecule has 3 N–H and O–H groups in total. The fourth-order valence-corrected chi connectivity index (χ4v) is 5.64. The Hall–Kier alpha value is -0.200. The number of hydrogen-bond donors (Lipinski definition) is 2. The smallest absolute Gasteiger partial charge is 0.0602 e. The Balaban J connectivity index is 1.81. The van der Waals surface area contributed by atoms with Crippen LogP contribution in [0.25, 0.3) is 0 Å². The van der Waals surface area contributed by atoms with E-state index in [0.717, 1.165) is 6.42 Å². The van der Waals surface area contributed by atoms with Crippen LogP contribution in [-0.2, 0) is 19.3 Å². The molecule has 1 atom stereocenters. The summed E-state index contributed by atoms with van der Waals surface area (Å²) >= 11 is 7.35. The van der Waals surface area contributed by atoms with Gasteiger partial charge in [0.2, 0.25) is 0 Å². The third-order valence-electron chi connectivity index (χ3n) is 3.89. The van der Waals surface area contributed by atoms with Gasteiger partial charge in [-0.1, -0.05) is 6.42 Å². The number of hydrazine groups is 1. The van der Waals surface area contributed by atoms with E-state index in [1.54, 1.807) is 21.8 Å². The molecule has 0 amide bonds. The topological polar surface area (TPSA) is 38.0 Å². The Kier molecular flexibility index (Phi) is 4.94. The summed E-state index contributed by atoms with van der Waals surface area (Å²) in [5.74, 6) is 5.81. The lowest BCUT2D eigenvalue weighted by Gasteiger charge is -2.13. The first-order chi connectivity index (χ1) is 9.78. The molecule has 2 nitrogen and oxygen atoms in total. The van der Waals surface area contributed by atoms with Gasteiger partial charge < -0.3 is 0 Å². The minimum Gasteiger partial charge on any atom is -0.271 e. The lowest BCUT2D eigenvalue weighted by Crippen LogP contribution is -2.28. The number of aryl methyl sites for hydroxylation is 2. The van der Waals surface area contributed by atoms with Crippen LogP contribution in [-0.4, -0.2) is 0 Å². The molecule has 1 aliphatic rings. The highest BCUT2D eigenvalue weighted by atomic mass is 79.9. The summed E-state index contributed by atoms with van der Waals surface area (Å²) in [5, 5.41) is 2.12. The van der Waals surface area contributed by atoms with E-state index in [2.05, 4.69) is 38.9 Å². The highest BCUT2D eigenvalue weighted by Gasteiger charge is 2.19. The van der Waals surface area contributed by atoms with Gasteiger partial charge in [-0.25, -0.2) is 0 Å². The third-order valence-corrected chi connectivity index (χ3v) is 7.19. The van der Waals surface area contributed by atoms with Gasteiger partial charge in [0.1, 0.15) is 0 Å². The Bertz CT molecular complexity index is 553. The SMILES string of the molecule is NNC(Cc1sccc1Br)c1cc2c(s1)CCCCC2. The van der Waals surface area contributed by atoms with Gasteiger partial charge in [-0.2, -0.15) is 0 Å². The molecule has 5 heteroatoms. The van der Waals surface area contributed by atoms with Crippen molar-refractivity contribution in [3.8, 4) is 0 Å². The predicted octanol–water partition coefficient (Wildman–Crippen LogP) is 4.59. The van der Waals surface area contributed by atoms with Gasteiger partial charge in [-0.05, 0) is 64.7 Å². The monoisotopic (exact) mass is 370 g/mol. The molecule has 2 aromatic heterocycles. The van der Waals surface area contributed by atoms with Gasteiger partial charge in [0.05, 0.1) is 6.04 Å². The molecule has 0 spiro atoms. The van der Waals surface area contributed by atoms with Crippen LogP contribution in [0.4, 0.5) is 0 Å². The quantitative estimate of drug-likeness (QED) is 0.469. The number of rotatable bonds is 4. The average Bonchev–Trinajstić information content (AvgIpc) is 2.97. The van der Waals surface area contributed by atoms with E-state index >= 15 is 0 Å². The van der Waals surface area contributed by atoms with Crippen LogP contribution < -0.4 is 11.3 Å². The first-order valence-electron chi connectivity index (χ1n) is 7.07. The molecular weight excluding hydrogens is 352 g/mol. The van der Waals surface area contributed by atoms with Crippen molar-refractivity contribution in [1.82, 2.24) is 5.43 Å². The number of nitrogens with one attached hydrogen (secondary N) is 1. The summed E-state index contributed by atoms with van der Waals surface area (Å²) in [5.41, 5.74) is 4.57. The van der Waals surface area contributed by atoms with Crippen molar-refractivity contribution in [1.29, 1.82) is 0 Å². The predicted molar refractivity (Wildman–Crippen MR) is 91.4 cm³/mol. The molecule has 2 heterocycles. The maximum absolute atomic E-state index is 5.81. The zero-order valence-electron chi connectivity index (χ0n) is 11.3. The van der Waals surface area contributed by atoms with Crippen molar-refractivity contribution in [2.75, 3.05) is 0 Å². The van der Waals surface area contributed by atoms with E-state index in [0.29, 0.717) is 0 Å². The van der Waals surface area contributed by atoms with Gasteiger partial charge in [0.15, 0.2) is 0 Å². The summed E-state index contributed by atoms with van der Waals surface area (Å²) in [7, 11) is 0. The van der Waals surface area contributed by atoms with Crippen LogP contribution >= 0.6 is 38.6 Å². The zero-order chi connectivity index (χ0) is 13.9. The second-order valence-electron chi connectivity index (χ2n) is 5.27. The Morgan fingerprint density at radius 3 is 2.90 bits per heavy atom. The second kappa shape index (κ2) is 6.71. The average molecular weight is 371 g/mol. The minimum atomic E-state index is 0.224. The molecule has 0 fully saturated rings. The third kappa shape index (κ3) is 3.17. The van der Waals surface area contributed by atoms with E-state index in [1.165, 1.54) is 46.3 Å². The molecule has 108 valence electrons. The number of fused-ring (bicyclic) bond motifs is 1. The highest BCUT2D eigenvalue weighted by molar-refractivity contribution is 9.10. The van der Waals surface area contributed by atoms with Gasteiger partial charge in [-0.3, -0.25) is 11.3 Å². The maximum atomic E-state index is 5.81. The largest absolute Gasteiger partial charge is 0.271 e. The van der Waals surface area contributed by atoms with Crippen LogP contribution in [0, 0.1) is 0 Å². The van der Waals surface area contributed by atoms with E-state index < -0.39 is 0 Å². The highest BCUT2D eigenvalue weighted by Crippen LogP contribution is 2.35. The summed E-state index contributed by atoms with van der Waals surface area (Å²) in [4.78, 5) is 4.33. The standard InChI is InChI=1S/C15H19BrN2S2/c16-11-6-7-19-14(11)9-12(18-17)15-8-10-4-2-1-3-5-13(10)20-15/h6-8,12,18H,1-5,9,17H2. The second-order valence-corrected chi connectivity index (χ2v) is 8.30. The van der Waals surface area contributed by atoms with Crippen LogP contribution in [0.2, 0.25) is 0 Å². The first kappa shape index (κ1) is 14.7. The van der Waals surface area contributed by atoms with Crippen LogP contribution in [0.15, 0.2) is 22.0 Å².